The molecular weight excluding hydrogens is 436 g/mol. The molecule has 162 valence electrons. The lowest BCUT2D eigenvalue weighted by Crippen LogP contribution is -2.55. The van der Waals surface area contributed by atoms with Crippen molar-refractivity contribution in [2.45, 2.75) is 11.3 Å². The van der Waals surface area contributed by atoms with Crippen LogP contribution in [0.15, 0.2) is 65.6 Å². The minimum absolute atomic E-state index is 0.125. The van der Waals surface area contributed by atoms with E-state index in [-0.39, 0.29) is 29.8 Å². The van der Waals surface area contributed by atoms with Crippen molar-refractivity contribution in [2.75, 3.05) is 26.7 Å². The van der Waals surface area contributed by atoms with Crippen LogP contribution in [-0.4, -0.2) is 45.4 Å². The van der Waals surface area contributed by atoms with Crippen molar-refractivity contribution < 1.29 is 17.9 Å². The Morgan fingerprint density at radius 2 is 1.87 bits per heavy atom. The zero-order chi connectivity index (χ0) is 22.0. The van der Waals surface area contributed by atoms with Crippen LogP contribution in [0.3, 0.4) is 0 Å². The van der Waals surface area contributed by atoms with E-state index in [4.69, 9.17) is 16.3 Å². The van der Waals surface area contributed by atoms with Gasteiger partial charge in [0.1, 0.15) is 5.75 Å². The summed E-state index contributed by atoms with van der Waals surface area (Å²) in [4.78, 5) is 12.6. The molecule has 3 aromatic carbocycles. The van der Waals surface area contributed by atoms with E-state index in [0.29, 0.717) is 18.0 Å². The lowest BCUT2D eigenvalue weighted by molar-refractivity contribution is -0.128. The summed E-state index contributed by atoms with van der Waals surface area (Å²) in [5.74, 6) is 0.329. The van der Waals surface area contributed by atoms with Gasteiger partial charge in [0.05, 0.1) is 17.9 Å². The number of hydrogen-bond acceptors (Lipinski definition) is 4. The minimum atomic E-state index is -3.60. The molecule has 1 N–H and O–H groups in total. The molecule has 0 saturated carbocycles. The van der Waals surface area contributed by atoms with E-state index in [2.05, 4.69) is 5.32 Å². The SMILES string of the molecule is COc1ccc2cccc(CCNC(=O)C3CN(S(=O)(=O)c4ccc(Cl)cc4)C3)c2c1. The molecule has 0 unspecified atom stereocenters. The van der Waals surface area contributed by atoms with E-state index in [9.17, 15) is 13.2 Å². The Labute approximate surface area is 186 Å². The van der Waals surface area contributed by atoms with Gasteiger partial charge in [0.15, 0.2) is 0 Å². The summed E-state index contributed by atoms with van der Waals surface area (Å²) in [5, 5.41) is 5.63. The molecule has 3 aromatic rings. The van der Waals surface area contributed by atoms with Crippen LogP contribution < -0.4 is 10.1 Å². The van der Waals surface area contributed by atoms with Crippen LogP contribution >= 0.6 is 11.6 Å². The number of rotatable bonds is 7. The lowest BCUT2D eigenvalue weighted by atomic mass is 10.0. The van der Waals surface area contributed by atoms with Gasteiger partial charge in [-0.3, -0.25) is 4.79 Å². The van der Waals surface area contributed by atoms with Gasteiger partial charge in [-0.1, -0.05) is 35.9 Å². The summed E-state index contributed by atoms with van der Waals surface area (Å²) < 4.78 is 31.9. The second-order valence-electron chi connectivity index (χ2n) is 7.52. The number of sulfonamides is 1. The third-order valence-electron chi connectivity index (χ3n) is 5.54. The first-order chi connectivity index (χ1) is 14.9. The molecule has 0 radical (unpaired) electrons. The smallest absolute Gasteiger partial charge is 0.243 e. The van der Waals surface area contributed by atoms with Gasteiger partial charge in [0, 0.05) is 24.7 Å². The summed E-state index contributed by atoms with van der Waals surface area (Å²) in [6, 6.07) is 18.1. The van der Waals surface area contributed by atoms with Crippen molar-refractivity contribution in [3.63, 3.8) is 0 Å². The van der Waals surface area contributed by atoms with Crippen LogP contribution in [0.25, 0.3) is 10.8 Å². The van der Waals surface area contributed by atoms with Crippen LogP contribution in [0.4, 0.5) is 0 Å². The van der Waals surface area contributed by atoms with Gasteiger partial charge >= 0.3 is 0 Å². The summed E-state index contributed by atoms with van der Waals surface area (Å²) in [6.45, 7) is 0.847. The first-order valence-electron chi connectivity index (χ1n) is 9.97. The molecule has 8 heteroatoms. The Morgan fingerprint density at radius 1 is 1.13 bits per heavy atom. The fourth-order valence-electron chi connectivity index (χ4n) is 3.68. The largest absolute Gasteiger partial charge is 0.497 e. The van der Waals surface area contributed by atoms with Gasteiger partial charge in [0.2, 0.25) is 15.9 Å². The van der Waals surface area contributed by atoms with E-state index in [1.807, 2.05) is 36.4 Å². The highest BCUT2D eigenvalue weighted by Crippen LogP contribution is 2.27. The molecule has 0 atom stereocenters. The molecule has 31 heavy (non-hydrogen) atoms. The number of hydrogen-bond donors (Lipinski definition) is 1. The topological polar surface area (TPSA) is 75.7 Å². The summed E-state index contributed by atoms with van der Waals surface area (Å²) in [7, 11) is -1.96. The van der Waals surface area contributed by atoms with E-state index in [1.165, 1.54) is 16.4 Å². The van der Waals surface area contributed by atoms with Crippen molar-refractivity contribution in [3.05, 3.63) is 71.2 Å². The normalized spacial score (nSPS) is 14.9. The number of carbonyl (C=O) groups excluding carboxylic acids is 1. The maximum absolute atomic E-state index is 12.6. The number of benzene rings is 3. The van der Waals surface area contributed by atoms with Crippen molar-refractivity contribution in [3.8, 4) is 5.75 Å². The fraction of sp³-hybridized carbons (Fsp3) is 0.261. The van der Waals surface area contributed by atoms with Crippen LogP contribution in [-0.2, 0) is 21.2 Å². The molecule has 1 saturated heterocycles. The van der Waals surface area contributed by atoms with Gasteiger partial charge in [-0.15, -0.1) is 0 Å². The third-order valence-corrected chi connectivity index (χ3v) is 7.64. The molecule has 1 fully saturated rings. The zero-order valence-corrected chi connectivity index (χ0v) is 18.6. The van der Waals surface area contributed by atoms with E-state index in [1.54, 1.807) is 19.2 Å². The molecular formula is C23H23ClN2O4S. The third kappa shape index (κ3) is 4.54. The standard InChI is InChI=1S/C23H23ClN2O4S/c1-30-20-8-5-16-3-2-4-17(22(16)13-20)11-12-25-23(27)18-14-26(15-18)31(28,29)21-9-6-19(24)7-10-21/h2-10,13,18H,11-12,14-15H2,1H3,(H,25,27). The molecule has 6 nitrogen and oxygen atoms in total. The maximum Gasteiger partial charge on any atom is 0.243 e. The monoisotopic (exact) mass is 458 g/mol. The Hall–Kier alpha value is -2.61. The molecule has 0 aromatic heterocycles. The number of amides is 1. The van der Waals surface area contributed by atoms with E-state index < -0.39 is 10.0 Å². The number of nitrogens with zero attached hydrogens (tertiary/aromatic N) is 1. The highest BCUT2D eigenvalue weighted by atomic mass is 35.5. The molecule has 1 aliphatic heterocycles. The van der Waals surface area contributed by atoms with Crippen LogP contribution in [0, 0.1) is 5.92 Å². The van der Waals surface area contributed by atoms with Gasteiger partial charge in [-0.05, 0) is 59.2 Å². The average Bonchev–Trinajstić information content (AvgIpc) is 2.72. The number of methoxy groups -OCH3 is 1. The zero-order valence-electron chi connectivity index (χ0n) is 17.0. The molecule has 1 amide bonds. The first kappa shape index (κ1) is 21.6. The van der Waals surface area contributed by atoms with E-state index >= 15 is 0 Å². The fourth-order valence-corrected chi connectivity index (χ4v) is 5.34. The average molecular weight is 459 g/mol. The highest BCUT2D eigenvalue weighted by molar-refractivity contribution is 7.89. The van der Waals surface area contributed by atoms with Gasteiger partial charge in [0.25, 0.3) is 0 Å². The Bertz CT molecular complexity index is 1210. The first-order valence-corrected chi connectivity index (χ1v) is 11.8. The van der Waals surface area contributed by atoms with Crippen LogP contribution in [0.5, 0.6) is 5.75 Å². The van der Waals surface area contributed by atoms with E-state index in [0.717, 1.165) is 22.1 Å². The summed E-state index contributed by atoms with van der Waals surface area (Å²) in [5.41, 5.74) is 1.12. The number of carbonyl (C=O) groups is 1. The number of fused-ring (bicyclic) bond motifs is 1. The molecule has 1 aliphatic rings. The number of nitrogens with one attached hydrogen (secondary N) is 1. The van der Waals surface area contributed by atoms with Crippen molar-refractivity contribution in [1.29, 1.82) is 0 Å². The maximum atomic E-state index is 12.6. The molecule has 0 bridgehead atoms. The van der Waals surface area contributed by atoms with Crippen molar-refractivity contribution >= 4 is 38.3 Å². The minimum Gasteiger partial charge on any atom is -0.497 e. The highest BCUT2D eigenvalue weighted by Gasteiger charge is 2.40. The molecule has 1 heterocycles. The van der Waals surface area contributed by atoms with Gasteiger partial charge in [-0.2, -0.15) is 4.31 Å². The van der Waals surface area contributed by atoms with Gasteiger partial charge < -0.3 is 10.1 Å². The number of ether oxygens (including phenoxy) is 1. The second kappa shape index (κ2) is 8.86. The second-order valence-corrected chi connectivity index (χ2v) is 9.89. The quantitative estimate of drug-likeness (QED) is 0.588. The molecule has 4 rings (SSSR count). The lowest BCUT2D eigenvalue weighted by Gasteiger charge is -2.37. The predicted molar refractivity (Wildman–Crippen MR) is 121 cm³/mol. The molecule has 0 spiro atoms. The van der Waals surface area contributed by atoms with Gasteiger partial charge in [-0.25, -0.2) is 8.42 Å². The predicted octanol–water partition coefficient (Wildman–Crippen LogP) is 3.48. The number of halogens is 1. The van der Waals surface area contributed by atoms with Crippen molar-refractivity contribution in [2.24, 2.45) is 5.92 Å². The Kier molecular flexibility index (Phi) is 6.18. The summed E-state index contributed by atoms with van der Waals surface area (Å²) >= 11 is 5.83. The summed E-state index contributed by atoms with van der Waals surface area (Å²) in [6.07, 6.45) is 0.676. The molecule has 0 aliphatic carbocycles. The Morgan fingerprint density at radius 3 is 2.58 bits per heavy atom. The van der Waals surface area contributed by atoms with Crippen LogP contribution in [0.2, 0.25) is 5.02 Å². The Balaban J connectivity index is 1.32. The van der Waals surface area contributed by atoms with Crippen LogP contribution in [0.1, 0.15) is 5.56 Å². The van der Waals surface area contributed by atoms with Crippen molar-refractivity contribution in [1.82, 2.24) is 9.62 Å².